The van der Waals surface area contributed by atoms with Crippen LogP contribution in [0.1, 0.15) is 47.2 Å². The van der Waals surface area contributed by atoms with Crippen molar-refractivity contribution in [2.45, 2.75) is 59.3 Å². The maximum absolute atomic E-state index is 12.1. The highest BCUT2D eigenvalue weighted by Crippen LogP contribution is 2.11. The number of rotatable bonds is 6. The summed E-state index contributed by atoms with van der Waals surface area (Å²) in [4.78, 5) is 25.8. The molecular weight excluding hydrogens is 312 g/mol. The van der Waals surface area contributed by atoms with Crippen LogP contribution in [0.3, 0.4) is 0 Å². The molecular formula is C16H28N4O4. The van der Waals surface area contributed by atoms with Gasteiger partial charge in [-0.25, -0.2) is 0 Å². The predicted octanol–water partition coefficient (Wildman–Crippen LogP) is 1.30. The Morgan fingerprint density at radius 3 is 1.83 bits per heavy atom. The van der Waals surface area contributed by atoms with E-state index in [0.29, 0.717) is 6.54 Å². The molecule has 0 atom stereocenters. The summed E-state index contributed by atoms with van der Waals surface area (Å²) in [5.74, 6) is -0.803. The SMILES string of the molecule is Cn1nncc1CN(CC(=O)OC(C)(C)C)CC(=O)OC(C)(C)C. The lowest BCUT2D eigenvalue weighted by atomic mass is 10.2. The summed E-state index contributed by atoms with van der Waals surface area (Å²) >= 11 is 0. The van der Waals surface area contributed by atoms with Crippen molar-refractivity contribution in [3.8, 4) is 0 Å². The molecule has 1 aromatic heterocycles. The van der Waals surface area contributed by atoms with Crippen molar-refractivity contribution in [3.05, 3.63) is 11.9 Å². The van der Waals surface area contributed by atoms with Crippen molar-refractivity contribution in [3.63, 3.8) is 0 Å². The first-order valence-corrected chi connectivity index (χ1v) is 7.85. The summed E-state index contributed by atoms with van der Waals surface area (Å²) in [7, 11) is 1.75. The molecule has 0 saturated carbocycles. The van der Waals surface area contributed by atoms with Gasteiger partial charge in [0.25, 0.3) is 0 Å². The lowest BCUT2D eigenvalue weighted by Gasteiger charge is -2.26. The second-order valence-electron chi connectivity index (χ2n) is 7.67. The minimum atomic E-state index is -0.581. The molecule has 136 valence electrons. The van der Waals surface area contributed by atoms with E-state index in [1.54, 1.807) is 64.4 Å². The van der Waals surface area contributed by atoms with Crippen LogP contribution in [0, 0.1) is 0 Å². The largest absolute Gasteiger partial charge is 0.459 e. The van der Waals surface area contributed by atoms with Gasteiger partial charge in [0.1, 0.15) is 11.2 Å². The molecule has 1 heterocycles. The maximum atomic E-state index is 12.1. The number of esters is 2. The number of hydrogen-bond acceptors (Lipinski definition) is 7. The van der Waals surface area contributed by atoms with Crippen LogP contribution < -0.4 is 0 Å². The first-order chi connectivity index (χ1) is 10.9. The van der Waals surface area contributed by atoms with E-state index in [1.807, 2.05) is 0 Å². The Kier molecular flexibility index (Phi) is 6.48. The zero-order valence-electron chi connectivity index (χ0n) is 15.6. The molecule has 24 heavy (non-hydrogen) atoms. The Hall–Kier alpha value is -1.96. The summed E-state index contributed by atoms with van der Waals surface area (Å²) in [6.07, 6.45) is 1.59. The van der Waals surface area contributed by atoms with Gasteiger partial charge in [-0.05, 0) is 41.5 Å². The van der Waals surface area contributed by atoms with E-state index in [-0.39, 0.29) is 13.1 Å². The van der Waals surface area contributed by atoms with Crippen LogP contribution >= 0.6 is 0 Å². The van der Waals surface area contributed by atoms with Gasteiger partial charge in [0, 0.05) is 13.6 Å². The molecule has 0 fully saturated rings. The molecule has 0 radical (unpaired) electrons. The van der Waals surface area contributed by atoms with E-state index in [4.69, 9.17) is 9.47 Å². The number of hydrogen-bond donors (Lipinski definition) is 0. The van der Waals surface area contributed by atoms with Crippen molar-refractivity contribution in [2.24, 2.45) is 7.05 Å². The highest BCUT2D eigenvalue weighted by Gasteiger charge is 2.24. The Balaban J connectivity index is 2.77. The summed E-state index contributed by atoms with van der Waals surface area (Å²) in [5, 5.41) is 7.66. The number of carbonyl (C=O) groups excluding carboxylic acids is 2. The van der Waals surface area contributed by atoms with E-state index in [0.717, 1.165) is 5.69 Å². The number of ether oxygens (including phenoxy) is 2. The van der Waals surface area contributed by atoms with Crippen LogP contribution in [0.2, 0.25) is 0 Å². The minimum absolute atomic E-state index is 0.0261. The van der Waals surface area contributed by atoms with Crippen LogP contribution in [-0.2, 0) is 32.7 Å². The normalized spacial score (nSPS) is 12.3. The molecule has 0 bridgehead atoms. The number of carbonyl (C=O) groups is 2. The zero-order valence-corrected chi connectivity index (χ0v) is 15.6. The molecule has 1 rings (SSSR count). The standard InChI is InChI=1S/C16H28N4O4/c1-15(2,3)23-13(21)10-20(9-12-8-17-18-19(12)7)11-14(22)24-16(4,5)6/h8H,9-11H2,1-7H3. The number of nitrogens with zero attached hydrogens (tertiary/aromatic N) is 4. The first-order valence-electron chi connectivity index (χ1n) is 7.85. The summed E-state index contributed by atoms with van der Waals surface area (Å²) in [5.41, 5.74) is -0.381. The van der Waals surface area contributed by atoms with Gasteiger partial charge >= 0.3 is 11.9 Å². The van der Waals surface area contributed by atoms with Gasteiger partial charge in [0.15, 0.2) is 0 Å². The highest BCUT2D eigenvalue weighted by molar-refractivity contribution is 5.75. The second kappa shape index (κ2) is 7.74. The third-order valence-corrected chi connectivity index (χ3v) is 2.74. The summed E-state index contributed by atoms with van der Waals surface area (Å²) in [6, 6.07) is 0. The van der Waals surface area contributed by atoms with Gasteiger partial charge in [0.2, 0.25) is 0 Å². The topological polar surface area (TPSA) is 86.5 Å². The fraction of sp³-hybridized carbons (Fsp3) is 0.750. The monoisotopic (exact) mass is 340 g/mol. The average molecular weight is 340 g/mol. The van der Waals surface area contributed by atoms with Gasteiger partial charge in [-0.15, -0.1) is 5.10 Å². The van der Waals surface area contributed by atoms with Gasteiger partial charge in [-0.2, -0.15) is 0 Å². The Morgan fingerprint density at radius 2 is 1.50 bits per heavy atom. The third kappa shape index (κ3) is 8.05. The summed E-state index contributed by atoms with van der Waals surface area (Å²) < 4.78 is 12.3. The molecule has 0 aromatic carbocycles. The molecule has 0 saturated heterocycles. The lowest BCUT2D eigenvalue weighted by molar-refractivity contribution is -0.160. The molecule has 8 heteroatoms. The molecule has 0 amide bonds. The minimum Gasteiger partial charge on any atom is -0.459 e. The molecule has 0 aliphatic rings. The summed E-state index contributed by atoms with van der Waals surface area (Å²) in [6.45, 7) is 11.1. The van der Waals surface area contributed by atoms with Gasteiger partial charge in [-0.3, -0.25) is 19.2 Å². The fourth-order valence-electron chi connectivity index (χ4n) is 1.96. The van der Waals surface area contributed by atoms with Crippen molar-refractivity contribution in [1.29, 1.82) is 0 Å². The van der Waals surface area contributed by atoms with Crippen LogP contribution in [0.4, 0.5) is 0 Å². The average Bonchev–Trinajstić information content (AvgIpc) is 2.69. The maximum Gasteiger partial charge on any atom is 0.320 e. The van der Waals surface area contributed by atoms with Gasteiger partial charge in [0.05, 0.1) is 25.0 Å². The van der Waals surface area contributed by atoms with Crippen LogP contribution in [-0.4, -0.2) is 56.1 Å². The second-order valence-corrected chi connectivity index (χ2v) is 7.67. The van der Waals surface area contributed by atoms with E-state index in [1.165, 1.54) is 0 Å². The Bertz CT molecular complexity index is 539. The Labute approximate surface area is 143 Å². The smallest absolute Gasteiger partial charge is 0.320 e. The zero-order chi connectivity index (χ0) is 18.5. The molecule has 0 unspecified atom stereocenters. The molecule has 0 aliphatic carbocycles. The van der Waals surface area contributed by atoms with Crippen molar-refractivity contribution in [1.82, 2.24) is 19.9 Å². The molecule has 8 nitrogen and oxygen atoms in total. The molecule has 1 aromatic rings. The third-order valence-electron chi connectivity index (χ3n) is 2.74. The Morgan fingerprint density at radius 1 is 1.04 bits per heavy atom. The van der Waals surface area contributed by atoms with Gasteiger partial charge in [-0.1, -0.05) is 5.21 Å². The lowest BCUT2D eigenvalue weighted by Crippen LogP contribution is -2.39. The number of aryl methyl sites for hydroxylation is 1. The molecule has 0 spiro atoms. The first kappa shape index (κ1) is 20.1. The van der Waals surface area contributed by atoms with Crippen molar-refractivity contribution in [2.75, 3.05) is 13.1 Å². The number of aromatic nitrogens is 3. The van der Waals surface area contributed by atoms with E-state index < -0.39 is 23.1 Å². The quantitative estimate of drug-likeness (QED) is 0.721. The van der Waals surface area contributed by atoms with Crippen LogP contribution in [0.25, 0.3) is 0 Å². The van der Waals surface area contributed by atoms with E-state index in [2.05, 4.69) is 10.3 Å². The highest BCUT2D eigenvalue weighted by atomic mass is 16.6. The fourth-order valence-corrected chi connectivity index (χ4v) is 1.96. The van der Waals surface area contributed by atoms with E-state index in [9.17, 15) is 9.59 Å². The van der Waals surface area contributed by atoms with Gasteiger partial charge < -0.3 is 9.47 Å². The van der Waals surface area contributed by atoms with Crippen LogP contribution in [0.15, 0.2) is 6.20 Å². The van der Waals surface area contributed by atoms with Crippen LogP contribution in [0.5, 0.6) is 0 Å². The molecule has 0 N–H and O–H groups in total. The van der Waals surface area contributed by atoms with Crippen molar-refractivity contribution >= 4 is 11.9 Å². The van der Waals surface area contributed by atoms with Crippen molar-refractivity contribution < 1.29 is 19.1 Å². The van der Waals surface area contributed by atoms with E-state index >= 15 is 0 Å². The predicted molar refractivity (Wildman–Crippen MR) is 88.0 cm³/mol. The molecule has 0 aliphatic heterocycles.